The number of fused-ring (bicyclic) bond motifs is 2. The molecule has 126 valence electrons. The van der Waals surface area contributed by atoms with Crippen LogP contribution in [0.2, 0.25) is 0 Å². The molecular formula is C16H18F3NO3. The summed E-state index contributed by atoms with van der Waals surface area (Å²) in [5.74, 6) is -0.403. The van der Waals surface area contributed by atoms with E-state index in [1.807, 2.05) is 0 Å². The fourth-order valence-corrected chi connectivity index (χ4v) is 3.34. The van der Waals surface area contributed by atoms with Gasteiger partial charge in [0.15, 0.2) is 5.78 Å². The largest absolute Gasteiger partial charge is 0.496 e. The molecule has 4 nitrogen and oxygen atoms in total. The van der Waals surface area contributed by atoms with E-state index in [-0.39, 0.29) is 35.1 Å². The number of methoxy groups -OCH3 is 1. The van der Waals surface area contributed by atoms with Crippen LogP contribution in [0, 0.1) is 5.92 Å². The van der Waals surface area contributed by atoms with Gasteiger partial charge in [-0.15, -0.1) is 0 Å². The van der Waals surface area contributed by atoms with Crippen molar-refractivity contribution < 1.29 is 27.4 Å². The molecule has 2 bridgehead atoms. The summed E-state index contributed by atoms with van der Waals surface area (Å²) >= 11 is 0. The van der Waals surface area contributed by atoms with Crippen LogP contribution in [0.3, 0.4) is 0 Å². The lowest BCUT2D eigenvalue weighted by Crippen LogP contribution is -2.55. The van der Waals surface area contributed by atoms with Crippen molar-refractivity contribution in [1.29, 1.82) is 0 Å². The number of ether oxygens (including phenoxy) is 2. The van der Waals surface area contributed by atoms with Crippen molar-refractivity contribution in [3.8, 4) is 5.75 Å². The monoisotopic (exact) mass is 329 g/mol. The first kappa shape index (κ1) is 16.3. The number of hydrogen-bond acceptors (Lipinski definition) is 4. The number of halogens is 3. The zero-order chi connectivity index (χ0) is 16.6. The smallest absolute Gasteiger partial charge is 0.416 e. The first-order valence-corrected chi connectivity index (χ1v) is 7.51. The zero-order valence-corrected chi connectivity index (χ0v) is 12.7. The summed E-state index contributed by atoms with van der Waals surface area (Å²) in [5.41, 5.74) is -0.604. The Hall–Kier alpha value is -1.60. The van der Waals surface area contributed by atoms with E-state index in [2.05, 4.69) is 5.32 Å². The number of nitrogens with one attached hydrogen (secondary N) is 1. The Balaban J connectivity index is 1.84. The predicted octanol–water partition coefficient (Wildman–Crippen LogP) is 2.66. The molecule has 2 atom stereocenters. The summed E-state index contributed by atoms with van der Waals surface area (Å²) in [6.07, 6.45) is -3.21. The van der Waals surface area contributed by atoms with Gasteiger partial charge >= 0.3 is 6.18 Å². The maximum absolute atomic E-state index is 12.8. The molecule has 0 saturated carbocycles. The number of hydrogen-bond donors (Lipinski definition) is 1. The molecule has 2 aliphatic rings. The molecule has 1 N–H and O–H groups in total. The van der Waals surface area contributed by atoms with Gasteiger partial charge < -0.3 is 14.8 Å². The van der Waals surface area contributed by atoms with Crippen molar-refractivity contribution in [3.05, 3.63) is 29.3 Å². The molecule has 2 heterocycles. The van der Waals surface area contributed by atoms with Crippen molar-refractivity contribution in [2.75, 3.05) is 20.3 Å². The second kappa shape index (κ2) is 6.13. The Morgan fingerprint density at radius 1 is 1.26 bits per heavy atom. The third-order valence-corrected chi connectivity index (χ3v) is 4.41. The van der Waals surface area contributed by atoms with Crippen molar-refractivity contribution >= 4 is 5.78 Å². The molecule has 2 fully saturated rings. The lowest BCUT2D eigenvalue weighted by molar-refractivity contribution is -0.137. The minimum absolute atomic E-state index is 0.0234. The summed E-state index contributed by atoms with van der Waals surface area (Å²) in [7, 11) is 1.28. The van der Waals surface area contributed by atoms with E-state index in [1.54, 1.807) is 0 Å². The highest BCUT2D eigenvalue weighted by Crippen LogP contribution is 2.35. The first-order valence-electron chi connectivity index (χ1n) is 7.51. The van der Waals surface area contributed by atoms with Gasteiger partial charge in [0, 0.05) is 18.0 Å². The molecule has 1 aromatic rings. The predicted molar refractivity (Wildman–Crippen MR) is 76.6 cm³/mol. The van der Waals surface area contributed by atoms with E-state index in [4.69, 9.17) is 9.47 Å². The van der Waals surface area contributed by atoms with E-state index < -0.39 is 11.7 Å². The lowest BCUT2D eigenvalue weighted by atomic mass is 9.82. The number of Topliss-reactive ketones (excluding diaryl/α,β-unsaturated/α-hetero) is 1. The Morgan fingerprint density at radius 2 is 1.91 bits per heavy atom. The third-order valence-electron chi connectivity index (χ3n) is 4.41. The molecule has 0 spiro atoms. The van der Waals surface area contributed by atoms with Gasteiger partial charge in [-0.05, 0) is 31.0 Å². The molecule has 7 heteroatoms. The fourth-order valence-electron chi connectivity index (χ4n) is 3.34. The molecule has 2 unspecified atom stereocenters. The average Bonchev–Trinajstić information content (AvgIpc) is 2.52. The van der Waals surface area contributed by atoms with Gasteiger partial charge in [0.1, 0.15) is 5.75 Å². The number of piperidine rings is 1. The van der Waals surface area contributed by atoms with Crippen LogP contribution in [0.4, 0.5) is 13.2 Å². The van der Waals surface area contributed by atoms with Crippen LogP contribution in [-0.4, -0.2) is 38.2 Å². The van der Waals surface area contributed by atoms with Gasteiger partial charge in [0.2, 0.25) is 0 Å². The topological polar surface area (TPSA) is 47.6 Å². The molecule has 3 rings (SSSR count). The van der Waals surface area contributed by atoms with Gasteiger partial charge in [0.25, 0.3) is 0 Å². The van der Waals surface area contributed by atoms with E-state index in [1.165, 1.54) is 13.2 Å². The van der Waals surface area contributed by atoms with Crippen LogP contribution in [-0.2, 0) is 10.9 Å². The molecule has 0 aliphatic carbocycles. The number of rotatable bonds is 3. The van der Waals surface area contributed by atoms with Crippen LogP contribution >= 0.6 is 0 Å². The first-order chi connectivity index (χ1) is 10.9. The molecule has 0 aromatic heterocycles. The van der Waals surface area contributed by atoms with Crippen LogP contribution in [0.1, 0.15) is 28.8 Å². The van der Waals surface area contributed by atoms with Gasteiger partial charge in [-0.25, -0.2) is 0 Å². The van der Waals surface area contributed by atoms with Crippen LogP contribution in [0.15, 0.2) is 18.2 Å². The highest BCUT2D eigenvalue weighted by atomic mass is 19.4. The molecule has 1 aromatic carbocycles. The summed E-state index contributed by atoms with van der Waals surface area (Å²) < 4.78 is 48.8. The highest BCUT2D eigenvalue weighted by molar-refractivity contribution is 6.00. The standard InChI is InChI=1S/C16H18F3NO3/c1-22-14-6-10(16(17,18)19)2-3-13(14)15(21)9-4-11-7-23-8-12(5-9)20-11/h2-3,6,9,11-12,20H,4-5,7-8H2,1H3. The molecule has 2 aliphatic heterocycles. The van der Waals surface area contributed by atoms with E-state index >= 15 is 0 Å². The Kier molecular flexibility index (Phi) is 4.33. The summed E-state index contributed by atoms with van der Waals surface area (Å²) in [4.78, 5) is 12.7. The number of alkyl halides is 3. The number of benzene rings is 1. The summed E-state index contributed by atoms with van der Waals surface area (Å²) in [5, 5.41) is 3.39. The van der Waals surface area contributed by atoms with E-state index in [0.29, 0.717) is 26.1 Å². The van der Waals surface area contributed by atoms with Crippen LogP contribution in [0.25, 0.3) is 0 Å². The molecular weight excluding hydrogens is 311 g/mol. The molecule has 0 radical (unpaired) electrons. The SMILES string of the molecule is COc1cc(C(F)(F)F)ccc1C(=O)C1CC2COCC(C1)N2. The van der Waals surface area contributed by atoms with Gasteiger partial charge in [-0.2, -0.15) is 13.2 Å². The van der Waals surface area contributed by atoms with Gasteiger partial charge in [-0.1, -0.05) is 0 Å². The molecule has 23 heavy (non-hydrogen) atoms. The highest BCUT2D eigenvalue weighted by Gasteiger charge is 2.37. The Labute approximate surface area is 132 Å². The normalized spacial score (nSPS) is 27.6. The minimum atomic E-state index is -4.46. The van der Waals surface area contributed by atoms with Crippen molar-refractivity contribution in [2.24, 2.45) is 5.92 Å². The quantitative estimate of drug-likeness (QED) is 0.866. The average molecular weight is 329 g/mol. The Bertz CT molecular complexity index is 591. The van der Waals surface area contributed by atoms with E-state index in [9.17, 15) is 18.0 Å². The summed E-state index contributed by atoms with van der Waals surface area (Å²) in [6.45, 7) is 1.12. The van der Waals surface area contributed by atoms with Crippen LogP contribution in [0.5, 0.6) is 5.75 Å². The second-order valence-electron chi connectivity index (χ2n) is 6.04. The Morgan fingerprint density at radius 3 is 2.48 bits per heavy atom. The second-order valence-corrected chi connectivity index (χ2v) is 6.04. The molecule has 2 saturated heterocycles. The number of morpholine rings is 1. The fraction of sp³-hybridized carbons (Fsp3) is 0.562. The number of ketones is 1. The van der Waals surface area contributed by atoms with Gasteiger partial charge in [0.05, 0.1) is 31.5 Å². The number of carbonyl (C=O) groups excluding carboxylic acids is 1. The number of carbonyl (C=O) groups is 1. The summed E-state index contributed by atoms with van der Waals surface area (Å²) in [6, 6.07) is 3.28. The van der Waals surface area contributed by atoms with Crippen molar-refractivity contribution in [2.45, 2.75) is 31.1 Å². The van der Waals surface area contributed by atoms with Crippen molar-refractivity contribution in [1.82, 2.24) is 5.32 Å². The van der Waals surface area contributed by atoms with Crippen LogP contribution < -0.4 is 10.1 Å². The zero-order valence-electron chi connectivity index (χ0n) is 12.7. The van der Waals surface area contributed by atoms with Crippen molar-refractivity contribution in [3.63, 3.8) is 0 Å². The third kappa shape index (κ3) is 3.35. The lowest BCUT2D eigenvalue weighted by Gasteiger charge is -2.39. The minimum Gasteiger partial charge on any atom is -0.496 e. The van der Waals surface area contributed by atoms with Gasteiger partial charge in [-0.3, -0.25) is 4.79 Å². The maximum atomic E-state index is 12.8. The van der Waals surface area contributed by atoms with E-state index in [0.717, 1.165) is 12.1 Å². The molecule has 0 amide bonds. The maximum Gasteiger partial charge on any atom is 0.416 e.